The van der Waals surface area contributed by atoms with Gasteiger partial charge in [0.1, 0.15) is 58.4 Å². The quantitative estimate of drug-likeness (QED) is 0.0665. The van der Waals surface area contributed by atoms with Gasteiger partial charge in [0.05, 0.1) is 39.6 Å². The maximum Gasteiger partial charge on any atom is 0.319 e. The predicted octanol–water partition coefficient (Wildman–Crippen LogP) is 9.52. The Morgan fingerprint density at radius 1 is 0.950 bits per heavy atom. The number of rotatable bonds is 16. The number of nitrogens with one attached hydrogen (secondary N) is 2. The lowest BCUT2D eigenvalue weighted by Gasteiger charge is -2.34. The van der Waals surface area contributed by atoms with E-state index in [1.165, 1.54) is 35.2 Å². The Balaban J connectivity index is 0.705. The van der Waals surface area contributed by atoms with E-state index in [0.29, 0.717) is 48.6 Å². The van der Waals surface area contributed by atoms with Crippen molar-refractivity contribution < 1.29 is 46.3 Å². The van der Waals surface area contributed by atoms with Crippen molar-refractivity contribution in [1.29, 1.82) is 5.26 Å². The van der Waals surface area contributed by atoms with Gasteiger partial charge in [0.2, 0.25) is 11.8 Å². The number of ether oxygens (including phenoxy) is 2. The summed E-state index contributed by atoms with van der Waals surface area (Å²) in [6, 6.07) is 17.1. The van der Waals surface area contributed by atoms with Crippen molar-refractivity contribution in [1.82, 2.24) is 35.6 Å². The van der Waals surface area contributed by atoms with E-state index in [2.05, 4.69) is 30.6 Å². The van der Waals surface area contributed by atoms with Crippen molar-refractivity contribution in [3.05, 3.63) is 112 Å². The number of carbonyl (C=O) groups excluding carboxylic acids is 2. The van der Waals surface area contributed by atoms with Crippen molar-refractivity contribution >= 4 is 66.6 Å². The van der Waals surface area contributed by atoms with Crippen molar-refractivity contribution in [2.45, 2.75) is 89.1 Å². The summed E-state index contributed by atoms with van der Waals surface area (Å²) in [5.74, 6) is -3.46. The Bertz CT molecular complexity index is 3500. The van der Waals surface area contributed by atoms with Gasteiger partial charge in [-0.1, -0.05) is 61.8 Å². The van der Waals surface area contributed by atoms with Gasteiger partial charge in [0, 0.05) is 67.1 Å². The first-order valence-electron chi connectivity index (χ1n) is 26.9. The average Bonchev–Trinajstić information content (AvgIpc) is 4.30. The molecular weight excluding hydrogens is 1080 g/mol. The summed E-state index contributed by atoms with van der Waals surface area (Å²) in [6.07, 6.45) is 2.75. The highest BCUT2D eigenvalue weighted by Gasteiger charge is 2.44. The molecule has 2 amide bonds. The third-order valence-corrected chi connectivity index (χ3v) is 17.3. The van der Waals surface area contributed by atoms with Crippen molar-refractivity contribution in [2.24, 2.45) is 11.8 Å². The molecular formula is C58H59ClF4N10O6S. The zero-order valence-electron chi connectivity index (χ0n) is 44.2. The molecule has 418 valence electrons. The molecule has 2 bridgehead atoms. The first kappa shape index (κ1) is 54.8. The summed E-state index contributed by atoms with van der Waals surface area (Å²) >= 11 is 7.84. The fourth-order valence-corrected chi connectivity index (χ4v) is 13.1. The van der Waals surface area contributed by atoms with Crippen LogP contribution in [0.2, 0.25) is 5.02 Å². The number of benzene rings is 4. The number of piperidine rings is 1. The molecule has 0 spiro atoms. The highest BCUT2D eigenvalue weighted by atomic mass is 35.5. The largest absolute Gasteiger partial charge is 0.475 e. The van der Waals surface area contributed by atoms with Crippen LogP contribution in [0.1, 0.15) is 81.7 Å². The lowest BCUT2D eigenvalue weighted by molar-refractivity contribution is -0.141. The number of nitrogen functional groups attached to an aromatic ring is 1. The van der Waals surface area contributed by atoms with Crippen LogP contribution in [0, 0.1) is 46.4 Å². The van der Waals surface area contributed by atoms with E-state index < -0.39 is 59.2 Å². The maximum absolute atomic E-state index is 17.2. The van der Waals surface area contributed by atoms with E-state index >= 15 is 8.78 Å². The van der Waals surface area contributed by atoms with E-state index in [4.69, 9.17) is 36.3 Å². The molecule has 0 aliphatic carbocycles. The highest BCUT2D eigenvalue weighted by molar-refractivity contribution is 7.23. The number of fused-ring (bicyclic) bond motifs is 4. The van der Waals surface area contributed by atoms with Crippen LogP contribution < -0.4 is 30.7 Å². The molecule has 4 fully saturated rings. The Labute approximate surface area is 467 Å². The van der Waals surface area contributed by atoms with E-state index in [1.54, 1.807) is 43.3 Å². The number of hydrogen-bond donors (Lipinski definition) is 4. The molecule has 4 aromatic carbocycles. The molecule has 6 atom stereocenters. The number of nitriles is 1. The van der Waals surface area contributed by atoms with Gasteiger partial charge in [-0.3, -0.25) is 14.5 Å². The normalized spacial score (nSPS) is 20.4. The number of nitrogens with zero attached hydrogens (tertiary/aromatic N) is 7. The Hall–Kier alpha value is -7.09. The summed E-state index contributed by atoms with van der Waals surface area (Å²) in [7, 11) is 0. The number of nitrogens with two attached hydrogens (primary N) is 1. The zero-order valence-corrected chi connectivity index (χ0v) is 45.7. The molecule has 0 radical (unpaired) electrons. The minimum absolute atomic E-state index is 0.00110. The standard InChI is InChI=1S/C58H59ClF4N10O6S/c1-29(2)47(57(76)73-27-36(74)21-44(73)56(75)66-30(3)32-7-9-33(10-8-32)48-41(60)5-4-6-42(48)61)45-23-46(70-79-45)78-28-31-15-17-71(18-16-31)19-20-77-58-68-52-38(55(69-58)72-25-34-11-12-35(26-72)67-34)22-40(59)50(51(52)63)37-13-14-43(62)53-49(37)39(24-64)54(65)80-53/h4-10,13-14,22-23,29-31,34-36,44,47,67,74H,11-12,15-21,25-28,65H2,1-3H3,(H,66,75)/t30-,34?,35?,36+,44-,47+/m0/s1. The molecule has 0 saturated carbocycles. The number of aromatic nitrogens is 3. The number of amides is 2. The van der Waals surface area contributed by atoms with Crippen molar-refractivity contribution in [3.63, 3.8) is 0 Å². The average molecular weight is 1140 g/mol. The summed E-state index contributed by atoms with van der Waals surface area (Å²) in [6.45, 7) is 9.36. The van der Waals surface area contributed by atoms with E-state index in [9.17, 15) is 28.7 Å². The summed E-state index contributed by atoms with van der Waals surface area (Å²) in [4.78, 5) is 43.4. The van der Waals surface area contributed by atoms with Crippen molar-refractivity contribution in [3.8, 4) is 40.2 Å². The van der Waals surface area contributed by atoms with Gasteiger partial charge in [-0.05, 0) is 104 Å². The third-order valence-electron chi connectivity index (χ3n) is 16.0. The van der Waals surface area contributed by atoms with Crippen molar-refractivity contribution in [2.75, 3.05) is 63.1 Å². The maximum atomic E-state index is 17.2. The molecule has 22 heteroatoms. The summed E-state index contributed by atoms with van der Waals surface area (Å²) in [5.41, 5.74) is 7.24. The van der Waals surface area contributed by atoms with Gasteiger partial charge in [-0.15, -0.1) is 11.3 Å². The van der Waals surface area contributed by atoms with Gasteiger partial charge in [0.25, 0.3) is 5.88 Å². The SMILES string of the molecule is CC(C)[C@@H](C(=O)N1C[C@H](O)C[C@H]1C(=O)N[C@@H](C)c1ccc(-c2c(F)cccc2F)cc1)c1cc(OCC2CCN(CCOc3nc(N4CC5CCC(C4)N5)c4cc(Cl)c(-c5ccc(F)c6sc(N)c(C#N)c56)c(F)c4n3)CC2)no1. The molecule has 4 saturated heterocycles. The van der Waals surface area contributed by atoms with Gasteiger partial charge >= 0.3 is 6.01 Å². The molecule has 3 aromatic heterocycles. The molecule has 16 nitrogen and oxygen atoms in total. The van der Waals surface area contributed by atoms with Gasteiger partial charge in [0.15, 0.2) is 11.6 Å². The number of thiophene rings is 1. The second-order valence-electron chi connectivity index (χ2n) is 21.6. The van der Waals surface area contributed by atoms with E-state index in [-0.39, 0.29) is 109 Å². The topological polar surface area (TPSA) is 208 Å². The second kappa shape index (κ2) is 22.8. The summed E-state index contributed by atoms with van der Waals surface area (Å²) in [5, 5.41) is 32.2. The van der Waals surface area contributed by atoms with Crippen LogP contribution in [-0.4, -0.2) is 119 Å². The van der Waals surface area contributed by atoms with Gasteiger partial charge in [-0.2, -0.15) is 15.2 Å². The molecule has 7 heterocycles. The number of carbonyl (C=O) groups is 2. The number of aliphatic hydroxyl groups excluding tert-OH is 1. The van der Waals surface area contributed by atoms with Crippen LogP contribution >= 0.6 is 22.9 Å². The minimum Gasteiger partial charge on any atom is -0.475 e. The number of aliphatic hydroxyl groups is 1. The Morgan fingerprint density at radius 2 is 1.68 bits per heavy atom. The molecule has 7 aromatic rings. The second-order valence-corrected chi connectivity index (χ2v) is 23.1. The van der Waals surface area contributed by atoms with Crippen LogP contribution in [0.5, 0.6) is 11.9 Å². The number of hydrogen-bond acceptors (Lipinski definition) is 15. The van der Waals surface area contributed by atoms with Gasteiger partial charge < -0.3 is 45.3 Å². The Kier molecular flexibility index (Phi) is 15.6. The first-order chi connectivity index (χ1) is 38.5. The monoisotopic (exact) mass is 1130 g/mol. The Morgan fingerprint density at radius 3 is 2.38 bits per heavy atom. The highest BCUT2D eigenvalue weighted by Crippen LogP contribution is 2.46. The molecule has 80 heavy (non-hydrogen) atoms. The van der Waals surface area contributed by atoms with Crippen LogP contribution in [0.25, 0.3) is 43.2 Å². The molecule has 5 N–H and O–H groups in total. The third kappa shape index (κ3) is 10.8. The lowest BCUT2D eigenvalue weighted by Crippen LogP contribution is -2.51. The first-order valence-corrected chi connectivity index (χ1v) is 28.1. The summed E-state index contributed by atoms with van der Waals surface area (Å²) < 4.78 is 79.4. The molecule has 4 aliphatic rings. The number of piperazine rings is 1. The van der Waals surface area contributed by atoms with E-state index in [0.717, 1.165) is 50.1 Å². The van der Waals surface area contributed by atoms with Crippen LogP contribution in [0.4, 0.5) is 28.4 Å². The number of halogens is 5. The predicted molar refractivity (Wildman–Crippen MR) is 295 cm³/mol. The molecule has 4 aliphatic heterocycles. The smallest absolute Gasteiger partial charge is 0.319 e. The van der Waals surface area contributed by atoms with Crippen LogP contribution in [0.15, 0.2) is 71.3 Å². The zero-order chi connectivity index (χ0) is 56.1. The lowest BCUT2D eigenvalue weighted by atomic mass is 9.91. The fourth-order valence-electron chi connectivity index (χ4n) is 11.8. The van der Waals surface area contributed by atoms with Gasteiger partial charge in [-0.25, -0.2) is 17.6 Å². The number of anilines is 2. The fraction of sp³-hybridized carbons (Fsp3) is 0.414. The molecule has 2 unspecified atom stereocenters. The van der Waals surface area contributed by atoms with Crippen LogP contribution in [0.3, 0.4) is 0 Å². The minimum atomic E-state index is -0.963. The number of likely N-dealkylation sites (tertiary alicyclic amines) is 2. The van der Waals surface area contributed by atoms with E-state index in [1.807, 2.05) is 19.9 Å². The number of β-amino-alcohol motifs (C(OH)–C–C–N with tert-alkyl or cyclic N) is 1. The molecule has 11 rings (SSSR count). The van der Waals surface area contributed by atoms with Crippen LogP contribution in [-0.2, 0) is 9.59 Å².